The minimum absolute atomic E-state index is 0.624. The van der Waals surface area contributed by atoms with E-state index in [1.807, 2.05) is 12.1 Å². The topological polar surface area (TPSA) is 13.1 Å². The van der Waals surface area contributed by atoms with Crippen molar-refractivity contribution >= 4 is 36.4 Å². The fraction of sp³-hybridized carbons (Fsp3) is 0.308. The first-order valence-electron chi connectivity index (χ1n) is 5.44. The molecule has 3 heteroatoms. The van der Waals surface area contributed by atoms with E-state index in [-0.39, 0.29) is 0 Å². The predicted molar refractivity (Wildman–Crippen MR) is 74.8 cm³/mol. The summed E-state index contributed by atoms with van der Waals surface area (Å²) in [5.74, 6) is 0. The van der Waals surface area contributed by atoms with Crippen molar-refractivity contribution in [1.82, 2.24) is 0 Å². The first-order valence-corrected chi connectivity index (χ1v) is 9.35. The molecule has 0 saturated heterocycles. The monoisotopic (exact) mass is 248 g/mol. The van der Waals surface area contributed by atoms with Gasteiger partial charge in [0.15, 0.2) is 4.71 Å². The maximum Gasteiger partial charge on any atom is 0.197 e. The summed E-state index contributed by atoms with van der Waals surface area (Å²) in [6, 6.07) is 8.21. The van der Waals surface area contributed by atoms with Crippen LogP contribution in [0.3, 0.4) is 0 Å². The standard InChI is InChI=1S/C13H16OSSi/c1-9-10-7-5-6-8-11(10)12(15)14-13(9)16(2,3)4/h5-8H,1-4H3. The number of rotatable bonds is 1. The summed E-state index contributed by atoms with van der Waals surface area (Å²) >= 11 is 5.33. The molecule has 84 valence electrons. The molecule has 0 bridgehead atoms. The Hall–Kier alpha value is -0.933. The van der Waals surface area contributed by atoms with Crippen molar-refractivity contribution in [2.24, 2.45) is 0 Å². The molecule has 0 aliphatic rings. The van der Waals surface area contributed by atoms with Crippen LogP contribution >= 0.6 is 12.2 Å². The number of hydrogen-bond acceptors (Lipinski definition) is 2. The summed E-state index contributed by atoms with van der Waals surface area (Å²) in [7, 11) is -1.46. The van der Waals surface area contributed by atoms with Crippen LogP contribution in [0.25, 0.3) is 10.8 Å². The summed E-state index contributed by atoms with van der Waals surface area (Å²) in [5.41, 5.74) is 1.25. The van der Waals surface area contributed by atoms with Crippen molar-refractivity contribution in [2.75, 3.05) is 0 Å². The lowest BCUT2D eigenvalue weighted by molar-refractivity contribution is 0.570. The van der Waals surface area contributed by atoms with E-state index in [4.69, 9.17) is 16.6 Å². The van der Waals surface area contributed by atoms with Gasteiger partial charge >= 0.3 is 0 Å². The number of aryl methyl sites for hydroxylation is 1. The highest BCUT2D eigenvalue weighted by atomic mass is 32.1. The second-order valence-corrected chi connectivity index (χ2v) is 10.5. The number of hydrogen-bond donors (Lipinski definition) is 0. The van der Waals surface area contributed by atoms with Crippen LogP contribution in [0.15, 0.2) is 28.7 Å². The smallest absolute Gasteiger partial charge is 0.197 e. The molecular weight excluding hydrogens is 232 g/mol. The zero-order valence-corrected chi connectivity index (χ0v) is 11.9. The molecule has 0 radical (unpaired) electrons. The SMILES string of the molecule is Cc1c([Si](C)(C)C)oc(=S)c2ccccc12. The maximum absolute atomic E-state index is 5.86. The van der Waals surface area contributed by atoms with Gasteiger partial charge in [0.1, 0.15) is 8.07 Å². The van der Waals surface area contributed by atoms with Crippen LogP contribution in [0.4, 0.5) is 0 Å². The van der Waals surface area contributed by atoms with Gasteiger partial charge in [0, 0.05) is 5.39 Å². The van der Waals surface area contributed by atoms with Gasteiger partial charge in [0.25, 0.3) is 0 Å². The lowest BCUT2D eigenvalue weighted by Gasteiger charge is -2.18. The van der Waals surface area contributed by atoms with Gasteiger partial charge in [-0.25, -0.2) is 0 Å². The minimum Gasteiger partial charge on any atom is -0.454 e. The first-order chi connectivity index (χ1) is 7.41. The fourth-order valence-electron chi connectivity index (χ4n) is 2.05. The zero-order chi connectivity index (χ0) is 11.9. The molecule has 0 spiro atoms. The third-order valence-electron chi connectivity index (χ3n) is 2.77. The Morgan fingerprint density at radius 1 is 1.06 bits per heavy atom. The zero-order valence-electron chi connectivity index (χ0n) is 10.1. The molecule has 0 aliphatic carbocycles. The Bertz CT molecular complexity index is 593. The van der Waals surface area contributed by atoms with Crippen LogP contribution in [-0.4, -0.2) is 8.07 Å². The molecule has 0 unspecified atom stereocenters. The molecular formula is C13H16OSSi. The minimum atomic E-state index is -1.46. The lowest BCUT2D eigenvalue weighted by Crippen LogP contribution is -2.39. The molecule has 0 N–H and O–H groups in total. The Morgan fingerprint density at radius 3 is 2.19 bits per heavy atom. The first kappa shape index (κ1) is 11.5. The molecule has 0 fully saturated rings. The molecule has 1 nitrogen and oxygen atoms in total. The molecule has 1 heterocycles. The predicted octanol–water partition coefficient (Wildman–Crippen LogP) is 4.02. The highest BCUT2D eigenvalue weighted by Gasteiger charge is 2.23. The van der Waals surface area contributed by atoms with Gasteiger partial charge in [-0.1, -0.05) is 37.8 Å². The molecule has 16 heavy (non-hydrogen) atoms. The van der Waals surface area contributed by atoms with Crippen LogP contribution in [0.1, 0.15) is 5.56 Å². The third-order valence-corrected chi connectivity index (χ3v) is 4.91. The van der Waals surface area contributed by atoms with Crippen LogP contribution in [0.5, 0.6) is 0 Å². The van der Waals surface area contributed by atoms with E-state index in [0.717, 1.165) is 10.8 Å². The van der Waals surface area contributed by atoms with Gasteiger partial charge in [0.2, 0.25) is 0 Å². The van der Waals surface area contributed by atoms with Crippen molar-refractivity contribution < 1.29 is 4.42 Å². The molecule has 0 amide bonds. The van der Waals surface area contributed by atoms with E-state index < -0.39 is 8.07 Å². The van der Waals surface area contributed by atoms with Gasteiger partial charge in [-0.3, -0.25) is 0 Å². The Balaban J connectivity index is 2.92. The molecule has 0 aliphatic heterocycles. The van der Waals surface area contributed by atoms with Gasteiger partial charge in [0.05, 0.1) is 5.38 Å². The third kappa shape index (κ3) is 1.85. The number of benzene rings is 1. The van der Waals surface area contributed by atoms with Gasteiger partial charge in [-0.15, -0.1) is 0 Å². The maximum atomic E-state index is 5.86. The quantitative estimate of drug-likeness (QED) is 0.558. The van der Waals surface area contributed by atoms with Crippen molar-refractivity contribution in [3.05, 3.63) is 34.5 Å². The van der Waals surface area contributed by atoms with Crippen molar-refractivity contribution in [1.29, 1.82) is 0 Å². The van der Waals surface area contributed by atoms with E-state index in [1.54, 1.807) is 0 Å². The molecule has 0 atom stereocenters. The number of fused-ring (bicyclic) bond motifs is 1. The fourth-order valence-corrected chi connectivity index (χ4v) is 4.05. The molecule has 2 rings (SSSR count). The highest BCUT2D eigenvalue weighted by molar-refractivity contribution is 7.71. The molecule has 0 saturated carbocycles. The Labute approximate surface area is 102 Å². The molecule has 1 aromatic heterocycles. The van der Waals surface area contributed by atoms with E-state index in [1.165, 1.54) is 10.9 Å². The average Bonchev–Trinajstić information content (AvgIpc) is 2.22. The second-order valence-electron chi connectivity index (χ2n) is 5.14. The van der Waals surface area contributed by atoms with Crippen LogP contribution in [-0.2, 0) is 0 Å². The van der Waals surface area contributed by atoms with Crippen molar-refractivity contribution in [3.8, 4) is 0 Å². The Kier molecular flexibility index (Phi) is 2.76. The van der Waals surface area contributed by atoms with Crippen LogP contribution in [0, 0.1) is 11.6 Å². The summed E-state index contributed by atoms with van der Waals surface area (Å²) in [4.78, 5) is 0. The van der Waals surface area contributed by atoms with Gasteiger partial charge < -0.3 is 4.42 Å². The highest BCUT2D eigenvalue weighted by Crippen LogP contribution is 2.20. The summed E-state index contributed by atoms with van der Waals surface area (Å²) in [6.45, 7) is 8.97. The second kappa shape index (κ2) is 3.82. The largest absolute Gasteiger partial charge is 0.454 e. The van der Waals surface area contributed by atoms with E-state index >= 15 is 0 Å². The summed E-state index contributed by atoms with van der Waals surface area (Å²) in [5, 5.41) is 3.41. The van der Waals surface area contributed by atoms with E-state index in [9.17, 15) is 0 Å². The lowest BCUT2D eigenvalue weighted by atomic mass is 10.1. The molecule has 1 aromatic carbocycles. The molecule has 2 aromatic rings. The average molecular weight is 248 g/mol. The van der Waals surface area contributed by atoms with Crippen LogP contribution < -0.4 is 5.38 Å². The van der Waals surface area contributed by atoms with Gasteiger partial charge in [-0.2, -0.15) is 0 Å². The van der Waals surface area contributed by atoms with Gasteiger partial charge in [-0.05, 0) is 36.2 Å². The summed E-state index contributed by atoms with van der Waals surface area (Å²) in [6.07, 6.45) is 0. The van der Waals surface area contributed by atoms with E-state index in [2.05, 4.69) is 38.7 Å². The summed E-state index contributed by atoms with van der Waals surface area (Å²) < 4.78 is 6.49. The van der Waals surface area contributed by atoms with Crippen molar-refractivity contribution in [2.45, 2.75) is 26.6 Å². The normalized spacial score (nSPS) is 12.0. The van der Waals surface area contributed by atoms with Crippen molar-refractivity contribution in [3.63, 3.8) is 0 Å². The Morgan fingerprint density at radius 2 is 1.62 bits per heavy atom. The van der Waals surface area contributed by atoms with E-state index in [0.29, 0.717) is 4.71 Å². The van der Waals surface area contributed by atoms with Crippen LogP contribution in [0.2, 0.25) is 19.6 Å².